The summed E-state index contributed by atoms with van der Waals surface area (Å²) in [6.07, 6.45) is 1.03. The van der Waals surface area contributed by atoms with Crippen molar-refractivity contribution in [3.8, 4) is 0 Å². The molecule has 0 saturated carbocycles. The van der Waals surface area contributed by atoms with E-state index in [1.54, 1.807) is 39.8 Å². The van der Waals surface area contributed by atoms with Crippen molar-refractivity contribution < 1.29 is 23.9 Å². The fraction of sp³-hybridized carbons (Fsp3) is 0.870. The highest BCUT2D eigenvalue weighted by Crippen LogP contribution is 2.21. The molecule has 0 aromatic carbocycles. The largest absolute Gasteiger partial charge is 0.444 e. The molecule has 0 bridgehead atoms. The Hall–Kier alpha value is -1.83. The number of nitrogens with one attached hydrogen (secondary N) is 1. The molecule has 0 aliphatic rings. The lowest BCUT2D eigenvalue weighted by Crippen LogP contribution is -2.55. The van der Waals surface area contributed by atoms with Crippen LogP contribution < -0.4 is 5.32 Å². The van der Waals surface area contributed by atoms with Gasteiger partial charge in [-0.15, -0.1) is 0 Å². The lowest BCUT2D eigenvalue weighted by Gasteiger charge is -2.37. The number of amides is 3. The molecule has 0 aliphatic heterocycles. The van der Waals surface area contributed by atoms with Crippen molar-refractivity contribution in [2.75, 3.05) is 27.7 Å². The van der Waals surface area contributed by atoms with Gasteiger partial charge in [-0.2, -0.15) is 0 Å². The summed E-state index contributed by atoms with van der Waals surface area (Å²) in [6.45, 7) is 15.1. The van der Waals surface area contributed by atoms with E-state index < -0.39 is 17.7 Å². The predicted molar refractivity (Wildman–Crippen MR) is 123 cm³/mol. The number of hydrogen-bond acceptors (Lipinski definition) is 5. The number of rotatable bonds is 11. The molecule has 31 heavy (non-hydrogen) atoms. The van der Waals surface area contributed by atoms with Gasteiger partial charge in [0.05, 0.1) is 18.7 Å². The number of hydrogen-bond donors (Lipinski definition) is 1. The number of nitrogens with zero attached hydrogens (tertiary/aromatic N) is 2. The summed E-state index contributed by atoms with van der Waals surface area (Å²) in [5, 5.41) is 2.71. The van der Waals surface area contributed by atoms with Gasteiger partial charge in [0.25, 0.3) is 0 Å². The Morgan fingerprint density at radius 3 is 1.90 bits per heavy atom. The van der Waals surface area contributed by atoms with Crippen LogP contribution in [0.1, 0.15) is 68.2 Å². The van der Waals surface area contributed by atoms with Crippen molar-refractivity contribution in [1.82, 2.24) is 15.1 Å². The van der Waals surface area contributed by atoms with E-state index in [9.17, 15) is 14.4 Å². The maximum absolute atomic E-state index is 12.9. The Morgan fingerprint density at radius 1 is 0.968 bits per heavy atom. The van der Waals surface area contributed by atoms with Crippen LogP contribution in [0.25, 0.3) is 0 Å². The molecule has 0 heterocycles. The molecule has 0 aromatic heterocycles. The second-order valence-electron chi connectivity index (χ2n) is 9.56. The van der Waals surface area contributed by atoms with Gasteiger partial charge in [0.1, 0.15) is 11.6 Å². The average Bonchev–Trinajstić information content (AvgIpc) is 2.67. The van der Waals surface area contributed by atoms with Gasteiger partial charge >= 0.3 is 6.09 Å². The first-order chi connectivity index (χ1) is 14.2. The molecule has 1 N–H and O–H groups in total. The fourth-order valence-electron chi connectivity index (χ4n) is 3.72. The van der Waals surface area contributed by atoms with Gasteiger partial charge in [-0.05, 0) is 39.0 Å². The second kappa shape index (κ2) is 12.9. The molecule has 8 heteroatoms. The smallest absolute Gasteiger partial charge is 0.410 e. The monoisotopic (exact) mass is 443 g/mol. The molecule has 4 unspecified atom stereocenters. The van der Waals surface area contributed by atoms with Crippen LogP contribution in [0, 0.1) is 11.8 Å². The molecule has 4 atom stereocenters. The minimum atomic E-state index is -0.749. The van der Waals surface area contributed by atoms with Crippen LogP contribution in [-0.2, 0) is 19.1 Å². The summed E-state index contributed by atoms with van der Waals surface area (Å²) in [5.74, 6) is -0.493. The first-order valence-electron chi connectivity index (χ1n) is 11.2. The fourth-order valence-corrected chi connectivity index (χ4v) is 3.72. The van der Waals surface area contributed by atoms with E-state index in [0.717, 1.165) is 12.8 Å². The van der Waals surface area contributed by atoms with Crippen LogP contribution in [-0.4, -0.2) is 79.2 Å². The van der Waals surface area contributed by atoms with Gasteiger partial charge in [-0.25, -0.2) is 4.79 Å². The molecule has 0 radical (unpaired) electrons. The van der Waals surface area contributed by atoms with Gasteiger partial charge in [0.15, 0.2) is 0 Å². The Bertz CT molecular complexity index is 584. The van der Waals surface area contributed by atoms with Gasteiger partial charge in [-0.1, -0.05) is 41.0 Å². The molecule has 0 rings (SSSR count). The number of methoxy groups -OCH3 is 1. The molecule has 0 fully saturated rings. The zero-order chi connectivity index (χ0) is 24.5. The van der Waals surface area contributed by atoms with Crippen molar-refractivity contribution in [3.05, 3.63) is 0 Å². The van der Waals surface area contributed by atoms with Crippen LogP contribution in [0.2, 0.25) is 0 Å². The molecule has 182 valence electrons. The highest BCUT2D eigenvalue weighted by atomic mass is 16.6. The van der Waals surface area contributed by atoms with E-state index in [4.69, 9.17) is 9.47 Å². The number of likely N-dealkylation sites (N-methyl/N-ethyl adjacent to an activating group) is 2. The van der Waals surface area contributed by atoms with Gasteiger partial charge in [-0.3, -0.25) is 14.5 Å². The highest BCUT2D eigenvalue weighted by Gasteiger charge is 2.34. The highest BCUT2D eigenvalue weighted by molar-refractivity contribution is 5.89. The minimum absolute atomic E-state index is 0.0821. The third kappa shape index (κ3) is 9.05. The van der Waals surface area contributed by atoms with Crippen LogP contribution in [0.4, 0.5) is 4.79 Å². The third-order valence-electron chi connectivity index (χ3n) is 5.57. The summed E-state index contributed by atoms with van der Waals surface area (Å²) in [7, 11) is 4.94. The van der Waals surface area contributed by atoms with E-state index in [2.05, 4.69) is 19.2 Å². The Balaban J connectivity index is 5.27. The van der Waals surface area contributed by atoms with Gasteiger partial charge in [0, 0.05) is 21.2 Å². The molecule has 0 saturated heterocycles. The van der Waals surface area contributed by atoms with Crippen LogP contribution in [0.3, 0.4) is 0 Å². The van der Waals surface area contributed by atoms with Crippen molar-refractivity contribution >= 4 is 17.9 Å². The first-order valence-corrected chi connectivity index (χ1v) is 11.2. The summed E-state index contributed by atoms with van der Waals surface area (Å²) in [6, 6.07) is -0.838. The topological polar surface area (TPSA) is 88.2 Å². The summed E-state index contributed by atoms with van der Waals surface area (Å²) >= 11 is 0. The van der Waals surface area contributed by atoms with Gasteiger partial charge < -0.3 is 19.7 Å². The molecular weight excluding hydrogens is 398 g/mol. The normalized spacial score (nSPS) is 15.6. The van der Waals surface area contributed by atoms with Crippen LogP contribution >= 0.6 is 0 Å². The van der Waals surface area contributed by atoms with Crippen molar-refractivity contribution in [2.24, 2.45) is 11.8 Å². The Kier molecular flexibility index (Phi) is 12.1. The zero-order valence-electron chi connectivity index (χ0n) is 21.4. The Morgan fingerprint density at radius 2 is 1.52 bits per heavy atom. The van der Waals surface area contributed by atoms with E-state index in [1.807, 2.05) is 20.8 Å². The first kappa shape index (κ1) is 29.2. The maximum atomic E-state index is 12.9. The standard InChI is InChI=1S/C23H45N3O5/c1-12-16(5)20(17(13-2)30-11)25(9)18(27)14-24-21(28)19(15(3)4)26(10)22(29)31-23(6,7)8/h15-17,19-20H,12-14H2,1-11H3,(H,24,28). The lowest BCUT2D eigenvalue weighted by molar-refractivity contribution is -0.138. The van der Waals surface area contributed by atoms with Crippen molar-refractivity contribution in [2.45, 2.75) is 92.0 Å². The summed E-state index contributed by atoms with van der Waals surface area (Å²) in [4.78, 5) is 41.1. The van der Waals surface area contributed by atoms with E-state index in [-0.39, 0.29) is 42.3 Å². The maximum Gasteiger partial charge on any atom is 0.410 e. The number of carbonyl (C=O) groups excluding carboxylic acids is 3. The van der Waals surface area contributed by atoms with Crippen LogP contribution in [0.5, 0.6) is 0 Å². The summed E-state index contributed by atoms with van der Waals surface area (Å²) < 4.78 is 11.0. The van der Waals surface area contributed by atoms with Crippen molar-refractivity contribution in [1.29, 1.82) is 0 Å². The molecule has 0 aliphatic carbocycles. The number of carbonyl (C=O) groups is 3. The predicted octanol–water partition coefficient (Wildman–Crippen LogP) is 3.29. The third-order valence-corrected chi connectivity index (χ3v) is 5.57. The molecular formula is C23H45N3O5. The molecule has 0 spiro atoms. The van der Waals surface area contributed by atoms with Crippen molar-refractivity contribution in [3.63, 3.8) is 0 Å². The van der Waals surface area contributed by atoms with Crippen LogP contribution in [0.15, 0.2) is 0 Å². The second-order valence-corrected chi connectivity index (χ2v) is 9.56. The van der Waals surface area contributed by atoms with E-state index in [0.29, 0.717) is 0 Å². The Labute approximate surface area is 189 Å². The lowest BCUT2D eigenvalue weighted by atomic mass is 9.91. The van der Waals surface area contributed by atoms with E-state index in [1.165, 1.54) is 11.9 Å². The van der Waals surface area contributed by atoms with E-state index >= 15 is 0 Å². The minimum Gasteiger partial charge on any atom is -0.444 e. The summed E-state index contributed by atoms with van der Waals surface area (Å²) in [5.41, 5.74) is -0.663. The number of ether oxygens (including phenoxy) is 2. The SMILES string of the molecule is CCC(C)C(C(CC)OC)N(C)C(=O)CNC(=O)C(C(C)C)N(C)C(=O)OC(C)(C)C. The quantitative estimate of drug-likeness (QED) is 0.529. The van der Waals surface area contributed by atoms with Gasteiger partial charge in [0.2, 0.25) is 11.8 Å². The molecule has 8 nitrogen and oxygen atoms in total. The molecule has 0 aromatic rings. The molecule has 3 amide bonds. The zero-order valence-corrected chi connectivity index (χ0v) is 21.4. The average molecular weight is 444 g/mol.